The summed E-state index contributed by atoms with van der Waals surface area (Å²) in [5, 5.41) is 20.8. The number of carbonyl (C=O) groups excluding carboxylic acids is 1. The summed E-state index contributed by atoms with van der Waals surface area (Å²) in [6, 6.07) is 7.44. The summed E-state index contributed by atoms with van der Waals surface area (Å²) in [4.78, 5) is 24.1. The minimum absolute atomic E-state index is 0.0549. The normalized spacial score (nSPS) is 16.9. The molecule has 9 nitrogen and oxygen atoms in total. The van der Waals surface area contributed by atoms with Crippen molar-refractivity contribution in [3.8, 4) is 16.8 Å². The molecule has 0 bridgehead atoms. The maximum atomic E-state index is 13.1. The number of aromatic hydroxyl groups is 1. The molecule has 0 radical (unpaired) electrons. The summed E-state index contributed by atoms with van der Waals surface area (Å²) in [6.45, 7) is 4.13. The number of benzene rings is 1. The molecule has 1 aromatic carbocycles. The average molecular weight is 491 g/mol. The third-order valence-corrected chi connectivity index (χ3v) is 7.98. The second kappa shape index (κ2) is 8.54. The van der Waals surface area contributed by atoms with Crippen LogP contribution in [0.25, 0.3) is 15.9 Å². The molecule has 3 aromatic heterocycles. The van der Waals surface area contributed by atoms with Crippen LogP contribution in [-0.4, -0.2) is 58.8 Å². The topological polar surface area (TPSA) is 105 Å². The lowest BCUT2D eigenvalue weighted by atomic mass is 9.73. The van der Waals surface area contributed by atoms with Gasteiger partial charge in [-0.2, -0.15) is 0 Å². The van der Waals surface area contributed by atoms with Gasteiger partial charge in [0.1, 0.15) is 11.4 Å². The van der Waals surface area contributed by atoms with Crippen molar-refractivity contribution in [1.82, 2.24) is 19.9 Å². The molecule has 1 amide bonds. The average Bonchev–Trinajstić information content (AvgIpc) is 3.48. The SMILES string of the molecule is COc1ccc2cn(-c3nc(C(=O)Nc4cnccc4N4CCC5(CC4)CNC5)cs3)c(O)c2c1. The number of nitrogens with zero attached hydrogens (tertiary/aromatic N) is 4. The van der Waals surface area contributed by atoms with Crippen LogP contribution in [-0.2, 0) is 0 Å². The first-order valence-corrected chi connectivity index (χ1v) is 12.5. The van der Waals surface area contributed by atoms with Crippen molar-refractivity contribution >= 4 is 39.4 Å². The number of anilines is 2. The highest BCUT2D eigenvalue weighted by atomic mass is 32.1. The van der Waals surface area contributed by atoms with E-state index in [0.29, 0.717) is 27.4 Å². The molecule has 2 saturated heterocycles. The van der Waals surface area contributed by atoms with Gasteiger partial charge in [0.25, 0.3) is 5.91 Å². The van der Waals surface area contributed by atoms with Crippen LogP contribution in [0.5, 0.6) is 11.6 Å². The van der Waals surface area contributed by atoms with Gasteiger partial charge in [-0.05, 0) is 42.5 Å². The predicted molar refractivity (Wildman–Crippen MR) is 136 cm³/mol. The van der Waals surface area contributed by atoms with Gasteiger partial charge < -0.3 is 25.4 Å². The predicted octanol–water partition coefficient (Wildman–Crippen LogP) is 3.64. The van der Waals surface area contributed by atoms with Crippen LogP contribution in [0, 0.1) is 5.41 Å². The van der Waals surface area contributed by atoms with Gasteiger partial charge in [0, 0.05) is 54.7 Å². The molecule has 0 aliphatic carbocycles. The Bertz CT molecular complexity index is 1400. The molecule has 10 heteroatoms. The molecule has 2 aliphatic rings. The second-order valence-electron chi connectivity index (χ2n) is 9.23. The van der Waals surface area contributed by atoms with Gasteiger partial charge in [0.2, 0.25) is 5.88 Å². The van der Waals surface area contributed by atoms with Gasteiger partial charge in [0.15, 0.2) is 5.13 Å². The lowest BCUT2D eigenvalue weighted by molar-refractivity contribution is 0.102. The zero-order chi connectivity index (χ0) is 24.0. The van der Waals surface area contributed by atoms with Crippen molar-refractivity contribution in [1.29, 1.82) is 0 Å². The molecule has 4 aromatic rings. The van der Waals surface area contributed by atoms with Gasteiger partial charge >= 0.3 is 0 Å². The molecule has 2 aliphatic heterocycles. The van der Waals surface area contributed by atoms with Crippen LogP contribution in [0.15, 0.2) is 48.2 Å². The van der Waals surface area contributed by atoms with Crippen LogP contribution in [0.4, 0.5) is 11.4 Å². The number of amides is 1. The summed E-state index contributed by atoms with van der Waals surface area (Å²) in [5.41, 5.74) is 2.39. The highest BCUT2D eigenvalue weighted by molar-refractivity contribution is 7.12. The second-order valence-corrected chi connectivity index (χ2v) is 10.1. The van der Waals surface area contributed by atoms with Crippen LogP contribution in [0.3, 0.4) is 0 Å². The Morgan fingerprint density at radius 3 is 2.83 bits per heavy atom. The van der Waals surface area contributed by atoms with Crippen LogP contribution >= 0.6 is 11.3 Å². The van der Waals surface area contributed by atoms with Crippen molar-refractivity contribution in [2.45, 2.75) is 12.8 Å². The molecule has 0 atom stereocenters. The Morgan fingerprint density at radius 2 is 2.09 bits per heavy atom. The molecule has 180 valence electrons. The van der Waals surface area contributed by atoms with E-state index in [1.165, 1.54) is 11.3 Å². The molecule has 0 unspecified atom stereocenters. The van der Waals surface area contributed by atoms with Gasteiger partial charge in [-0.25, -0.2) is 4.98 Å². The Labute approximate surface area is 206 Å². The third-order valence-electron chi connectivity index (χ3n) is 7.14. The number of ether oxygens (including phenoxy) is 1. The van der Waals surface area contributed by atoms with Crippen molar-refractivity contribution in [2.24, 2.45) is 5.41 Å². The first-order valence-electron chi connectivity index (χ1n) is 11.6. The minimum atomic E-state index is -0.309. The van der Waals surface area contributed by atoms with E-state index >= 15 is 0 Å². The number of aromatic nitrogens is 3. The maximum Gasteiger partial charge on any atom is 0.275 e. The molecule has 3 N–H and O–H groups in total. The number of thiazole rings is 1. The Hall–Kier alpha value is -3.63. The van der Waals surface area contributed by atoms with Crippen molar-refractivity contribution in [3.05, 3.63) is 53.9 Å². The van der Waals surface area contributed by atoms with E-state index in [1.54, 1.807) is 41.7 Å². The van der Waals surface area contributed by atoms with E-state index in [2.05, 4.69) is 25.5 Å². The number of fused-ring (bicyclic) bond motifs is 1. The number of carbonyl (C=O) groups is 1. The van der Waals surface area contributed by atoms with E-state index in [1.807, 2.05) is 18.2 Å². The molecule has 1 spiro atoms. The number of piperidine rings is 1. The first-order chi connectivity index (χ1) is 17.0. The number of hydrogen-bond acceptors (Lipinski definition) is 8. The maximum absolute atomic E-state index is 13.1. The Morgan fingerprint density at radius 1 is 1.26 bits per heavy atom. The Kier molecular flexibility index (Phi) is 5.34. The number of hydrogen-bond donors (Lipinski definition) is 3. The third kappa shape index (κ3) is 3.88. The quantitative estimate of drug-likeness (QED) is 0.392. The highest BCUT2D eigenvalue weighted by Crippen LogP contribution is 2.38. The fraction of sp³-hybridized carbons (Fsp3) is 0.320. The fourth-order valence-electron chi connectivity index (χ4n) is 4.92. The molecular formula is C25H26N6O3S. The molecule has 2 fully saturated rings. The summed E-state index contributed by atoms with van der Waals surface area (Å²) in [6.07, 6.45) is 7.53. The molecule has 0 saturated carbocycles. The number of methoxy groups -OCH3 is 1. The number of rotatable bonds is 5. The standard InChI is InChI=1S/C25H26N6O3S/c1-34-17-3-2-16-12-31(23(33)18(16)10-17)24-29-20(13-35-24)22(32)28-19-11-26-7-4-21(19)30-8-5-25(6-9-30)14-27-15-25/h2-4,7,10-13,27,33H,5-6,8-9,14-15H2,1H3,(H,28,32). The largest absolute Gasteiger partial charge is 0.497 e. The minimum Gasteiger partial charge on any atom is -0.497 e. The molecular weight excluding hydrogens is 464 g/mol. The fourth-order valence-corrected chi connectivity index (χ4v) is 5.70. The van der Waals surface area contributed by atoms with E-state index < -0.39 is 0 Å². The van der Waals surface area contributed by atoms with Gasteiger partial charge in [-0.1, -0.05) is 0 Å². The van der Waals surface area contributed by atoms with Crippen LogP contribution < -0.4 is 20.3 Å². The van der Waals surface area contributed by atoms with Gasteiger partial charge in [0.05, 0.1) is 24.7 Å². The van der Waals surface area contributed by atoms with Crippen molar-refractivity contribution in [2.75, 3.05) is 43.5 Å². The molecule has 6 rings (SSSR count). The van der Waals surface area contributed by atoms with Crippen LogP contribution in [0.2, 0.25) is 0 Å². The Balaban J connectivity index is 1.21. The van der Waals surface area contributed by atoms with Crippen LogP contribution in [0.1, 0.15) is 23.3 Å². The smallest absolute Gasteiger partial charge is 0.275 e. The molecule has 5 heterocycles. The number of pyridine rings is 1. The summed E-state index contributed by atoms with van der Waals surface area (Å²) >= 11 is 1.29. The number of nitrogens with one attached hydrogen (secondary N) is 2. The monoisotopic (exact) mass is 490 g/mol. The van der Waals surface area contributed by atoms with Gasteiger partial charge in [-0.3, -0.25) is 14.3 Å². The zero-order valence-electron chi connectivity index (χ0n) is 19.3. The van der Waals surface area contributed by atoms with Crippen molar-refractivity contribution in [3.63, 3.8) is 0 Å². The lowest BCUT2D eigenvalue weighted by Crippen LogP contribution is -2.58. The summed E-state index contributed by atoms with van der Waals surface area (Å²) < 4.78 is 6.84. The van der Waals surface area contributed by atoms with Crippen molar-refractivity contribution < 1.29 is 14.6 Å². The van der Waals surface area contributed by atoms with E-state index in [-0.39, 0.29) is 17.5 Å². The lowest BCUT2D eigenvalue weighted by Gasteiger charge is -2.49. The zero-order valence-corrected chi connectivity index (χ0v) is 20.1. The summed E-state index contributed by atoms with van der Waals surface area (Å²) in [5.74, 6) is 0.404. The van der Waals surface area contributed by atoms with E-state index in [4.69, 9.17) is 4.74 Å². The van der Waals surface area contributed by atoms with E-state index in [0.717, 1.165) is 50.1 Å². The van der Waals surface area contributed by atoms with E-state index in [9.17, 15) is 9.90 Å². The molecule has 35 heavy (non-hydrogen) atoms. The van der Waals surface area contributed by atoms with Gasteiger partial charge in [-0.15, -0.1) is 11.3 Å². The first kappa shape index (κ1) is 21.9. The highest BCUT2D eigenvalue weighted by Gasteiger charge is 2.39. The summed E-state index contributed by atoms with van der Waals surface area (Å²) in [7, 11) is 1.59.